The Morgan fingerprint density at radius 2 is 0.566 bits per heavy atom. The van der Waals surface area contributed by atoms with E-state index >= 15 is 0 Å². The number of para-hydroxylation sites is 8. The van der Waals surface area contributed by atoms with Crippen LogP contribution in [0.15, 0.2) is 376 Å². The van der Waals surface area contributed by atoms with Crippen LogP contribution in [0.2, 0.25) is 0 Å². The molecular weight excluding hydrogens is 1430 g/mol. The van der Waals surface area contributed by atoms with Gasteiger partial charge in [-0.25, -0.2) is 0 Å². The second-order valence-corrected chi connectivity index (χ2v) is 40.2. The van der Waals surface area contributed by atoms with Gasteiger partial charge in [0.1, 0.15) is 0 Å². The average Bonchev–Trinajstić information content (AvgIpc) is 1.68. The molecule has 4 aromatic heterocycles. The molecule has 2 aliphatic rings. The minimum absolute atomic E-state index is 0.127. The van der Waals surface area contributed by atoms with Gasteiger partial charge in [0.15, 0.2) is 0 Å². The van der Waals surface area contributed by atoms with E-state index in [1.165, 1.54) is 106 Å². The summed E-state index contributed by atoms with van der Waals surface area (Å²) in [5.41, 5.74) is 25.1. The summed E-state index contributed by atoms with van der Waals surface area (Å²) in [6.45, 7) is 14.9. The maximum absolute atomic E-state index is 5.32. The molecule has 0 fully saturated rings. The standard InChI is InChI=1S/C104H84GeN8/c1-103(2,3)75-59-61-106-99(63-75)112-91-49-21-19-43-87(91)89-57-55-79(67-97(89)112)105(80-56-58-90-88-44-20-22-50-92(88)113(98(90)68-80)100-64-76(60-62-107-100)104(4,5)6,77-39-27-41-81(65-77)108-69-110(95-53-25-23-51-93(95)108)101-83(71-31-11-7-12-32-71)45-29-46-84(101)72-33-13-8-14-34-72)78-40-28-42-82(66-78)109-70-111(96-54-26-24-52-94(96)109)102-85(73-35-15-9-16-36-73)47-30-48-86(102)74-37-17-10-18-38-74/h7-68H,69-70H2,1-6H3. The van der Waals surface area contributed by atoms with Crippen LogP contribution in [0.4, 0.5) is 45.5 Å². The van der Waals surface area contributed by atoms with Gasteiger partial charge < -0.3 is 0 Å². The number of anilines is 8. The average molecular weight is 1520 g/mol. The SMILES string of the molecule is CC(C)(C)c1ccnc(-n2c3ccccc3c3cc[c]([Ge]([c]4cccc(N5CN(c6c(-c7ccccc7)cccc6-c6ccccc6)c6ccccc65)c4)([c]4cccc(N5CN(c6c(-c7ccccc7)cccc6-c6ccccc6)c6ccccc65)c4)[c]4ccc5c6ccccc6n(-c6cc(C(C)(C)C)ccn6)c5c4)cc32)c1. The summed E-state index contributed by atoms with van der Waals surface area (Å²) >= 11 is -4.79. The van der Waals surface area contributed by atoms with Crippen LogP contribution in [0.25, 0.3) is 99.8 Å². The van der Waals surface area contributed by atoms with E-state index in [4.69, 9.17) is 9.97 Å². The van der Waals surface area contributed by atoms with Gasteiger partial charge in [0.25, 0.3) is 0 Å². The third-order valence-electron chi connectivity index (χ3n) is 23.5. The number of fused-ring (bicyclic) bond motifs is 8. The summed E-state index contributed by atoms with van der Waals surface area (Å²) < 4.78 is 10.00. The predicted octanol–water partition coefficient (Wildman–Crippen LogP) is 23.8. The molecule has 0 aliphatic carbocycles. The quantitative estimate of drug-likeness (QED) is 0.101. The molecule has 0 unspecified atom stereocenters. The van der Waals surface area contributed by atoms with E-state index in [0.717, 1.165) is 67.8 Å². The maximum atomic E-state index is 5.32. The van der Waals surface area contributed by atoms with Crippen molar-refractivity contribution in [1.82, 2.24) is 19.1 Å². The van der Waals surface area contributed by atoms with Gasteiger partial charge in [0.05, 0.1) is 0 Å². The molecule has 20 rings (SSSR count). The second-order valence-electron chi connectivity index (χ2n) is 32.2. The molecule has 6 heterocycles. The Balaban J connectivity index is 0.868. The van der Waals surface area contributed by atoms with Crippen LogP contribution >= 0.6 is 0 Å². The summed E-state index contributed by atoms with van der Waals surface area (Å²) in [6.07, 6.45) is 4.00. The molecule has 0 saturated heterocycles. The van der Waals surface area contributed by atoms with Crippen LogP contribution < -0.4 is 37.2 Å². The van der Waals surface area contributed by atoms with Crippen molar-refractivity contribution in [1.29, 1.82) is 0 Å². The Hall–Kier alpha value is -13.3. The predicted molar refractivity (Wildman–Crippen MR) is 478 cm³/mol. The molecule has 0 amide bonds. The van der Waals surface area contributed by atoms with E-state index in [1.807, 2.05) is 12.4 Å². The molecule has 0 bridgehead atoms. The molecule has 0 spiro atoms. The first-order valence-electron chi connectivity index (χ1n) is 39.3. The Morgan fingerprint density at radius 1 is 0.257 bits per heavy atom. The molecule has 18 aromatic rings. The van der Waals surface area contributed by atoms with E-state index in [1.54, 1.807) is 0 Å². The van der Waals surface area contributed by atoms with Crippen molar-refractivity contribution in [2.75, 3.05) is 32.9 Å². The molecule has 0 atom stereocenters. The van der Waals surface area contributed by atoms with Gasteiger partial charge >= 0.3 is 668 Å². The van der Waals surface area contributed by atoms with Crippen LogP contribution in [-0.4, -0.2) is 45.7 Å². The molecule has 2 aliphatic heterocycles. The number of rotatable bonds is 14. The van der Waals surface area contributed by atoms with Crippen LogP contribution in [0.5, 0.6) is 0 Å². The van der Waals surface area contributed by atoms with Crippen molar-refractivity contribution in [2.24, 2.45) is 0 Å². The van der Waals surface area contributed by atoms with Gasteiger partial charge in [0, 0.05) is 0 Å². The van der Waals surface area contributed by atoms with Gasteiger partial charge in [-0.3, -0.25) is 0 Å². The summed E-state index contributed by atoms with van der Waals surface area (Å²) in [5, 5.41) is 4.70. The molecule has 14 aromatic carbocycles. The Labute approximate surface area is 663 Å². The number of hydrogen-bond acceptors (Lipinski definition) is 6. The van der Waals surface area contributed by atoms with Crippen LogP contribution in [0.1, 0.15) is 52.7 Å². The fourth-order valence-corrected chi connectivity index (χ4v) is 28.1. The zero-order chi connectivity index (χ0) is 76.1. The number of nitrogens with zero attached hydrogens (tertiary/aromatic N) is 8. The molecule has 9 heteroatoms. The second kappa shape index (κ2) is 27.6. The van der Waals surface area contributed by atoms with Crippen molar-refractivity contribution >= 4 is 120 Å². The van der Waals surface area contributed by atoms with Crippen LogP contribution in [0, 0.1) is 0 Å². The summed E-state index contributed by atoms with van der Waals surface area (Å²) in [7, 11) is 0. The van der Waals surface area contributed by atoms with Gasteiger partial charge in [-0.1, -0.05) is 0 Å². The topological polar surface area (TPSA) is 48.6 Å². The Morgan fingerprint density at radius 3 is 0.929 bits per heavy atom. The van der Waals surface area contributed by atoms with E-state index in [0.29, 0.717) is 13.3 Å². The van der Waals surface area contributed by atoms with Gasteiger partial charge in [0.2, 0.25) is 0 Å². The first-order valence-corrected chi connectivity index (χ1v) is 43.5. The minimum atomic E-state index is -4.79. The van der Waals surface area contributed by atoms with E-state index in [9.17, 15) is 0 Å². The summed E-state index contributed by atoms with van der Waals surface area (Å²) in [5.74, 6) is 1.78. The van der Waals surface area contributed by atoms with Crippen molar-refractivity contribution in [3.63, 3.8) is 0 Å². The van der Waals surface area contributed by atoms with Gasteiger partial charge in [-0.2, -0.15) is 0 Å². The van der Waals surface area contributed by atoms with Crippen LogP contribution in [0.3, 0.4) is 0 Å². The van der Waals surface area contributed by atoms with E-state index < -0.39 is 13.3 Å². The zero-order valence-electron chi connectivity index (χ0n) is 64.3. The number of pyridine rings is 2. The van der Waals surface area contributed by atoms with E-state index in [-0.39, 0.29) is 10.8 Å². The molecule has 8 nitrogen and oxygen atoms in total. The first kappa shape index (κ1) is 69.0. The summed E-state index contributed by atoms with van der Waals surface area (Å²) in [4.78, 5) is 20.9. The first-order chi connectivity index (χ1) is 55.3. The van der Waals surface area contributed by atoms with Crippen LogP contribution in [-0.2, 0) is 10.8 Å². The molecular formula is C104H84GeN8. The van der Waals surface area contributed by atoms with Gasteiger partial charge in [-0.05, 0) is 0 Å². The molecule has 0 radical (unpaired) electrons. The van der Waals surface area contributed by atoms with Crippen molar-refractivity contribution in [3.05, 3.63) is 388 Å². The molecule has 0 saturated carbocycles. The molecule has 544 valence electrons. The number of benzene rings is 14. The fourth-order valence-electron chi connectivity index (χ4n) is 18.1. The third-order valence-corrected chi connectivity index (χ3v) is 33.4. The molecule has 113 heavy (non-hydrogen) atoms. The third kappa shape index (κ3) is 11.7. The monoisotopic (exact) mass is 1520 g/mol. The van der Waals surface area contributed by atoms with Crippen molar-refractivity contribution < 1.29 is 0 Å². The Bertz CT molecular complexity index is 6170. The molecule has 0 N–H and O–H groups in total. The van der Waals surface area contributed by atoms with E-state index in [2.05, 4.69) is 434 Å². The number of aromatic nitrogens is 4. The van der Waals surface area contributed by atoms with Crippen molar-refractivity contribution in [2.45, 2.75) is 52.4 Å². The Kier molecular flexibility index (Phi) is 16.9. The normalized spacial score (nSPS) is 13.1. The van der Waals surface area contributed by atoms with Gasteiger partial charge in [-0.15, -0.1) is 0 Å². The summed E-state index contributed by atoms with van der Waals surface area (Å²) in [6, 6.07) is 137. The van der Waals surface area contributed by atoms with Crippen molar-refractivity contribution in [3.8, 4) is 56.1 Å². The fraction of sp³-hybridized carbons (Fsp3) is 0.0962. The zero-order valence-corrected chi connectivity index (χ0v) is 66.4. The number of hydrogen-bond donors (Lipinski definition) is 0.